The molecule has 0 N–H and O–H groups in total. The normalized spacial score (nSPS) is 11.7. The maximum atomic E-state index is 5.23. The lowest BCUT2D eigenvalue weighted by molar-refractivity contribution is 0.995. The third-order valence-corrected chi connectivity index (χ3v) is 12.0. The Balaban J connectivity index is 1.01. The molecule has 0 radical (unpaired) electrons. The average Bonchev–Trinajstić information content (AvgIpc) is 3.84. The van der Waals surface area contributed by atoms with Crippen molar-refractivity contribution < 1.29 is 0 Å². The molecule has 0 aliphatic rings. The zero-order valence-corrected chi connectivity index (χ0v) is 32.6. The number of hydrogen-bond acceptors (Lipinski definition) is 2. The summed E-state index contributed by atoms with van der Waals surface area (Å²) in [5, 5.41) is 7.30. The maximum Gasteiger partial charge on any atom is 0.235 e. The predicted octanol–water partition coefficient (Wildman–Crippen LogP) is 14.5. The zero-order chi connectivity index (χ0) is 39.6. The molecule has 4 nitrogen and oxygen atoms in total. The van der Waals surface area contributed by atoms with Crippen molar-refractivity contribution in [2.24, 2.45) is 0 Å². The Kier molecular flexibility index (Phi) is 7.82. The fourth-order valence-corrected chi connectivity index (χ4v) is 9.11. The summed E-state index contributed by atoms with van der Waals surface area (Å²) in [6, 6.07) is 78.0. The van der Waals surface area contributed by atoms with Crippen LogP contribution in [0.2, 0.25) is 0 Å². The van der Waals surface area contributed by atoms with E-state index in [1.807, 2.05) is 12.1 Å². The minimum atomic E-state index is 0.645. The van der Waals surface area contributed by atoms with Crippen molar-refractivity contribution in [1.82, 2.24) is 19.1 Å². The zero-order valence-electron chi connectivity index (χ0n) is 32.6. The van der Waals surface area contributed by atoms with Crippen molar-refractivity contribution in [2.75, 3.05) is 0 Å². The lowest BCUT2D eigenvalue weighted by atomic mass is 9.98. The van der Waals surface area contributed by atoms with E-state index in [4.69, 9.17) is 9.97 Å². The fraction of sp³-hybridized carbons (Fsp3) is 0. The Hall–Kier alpha value is -8.08. The second-order valence-corrected chi connectivity index (χ2v) is 15.4. The Morgan fingerprint density at radius 1 is 0.283 bits per heavy atom. The third-order valence-electron chi connectivity index (χ3n) is 12.0. The van der Waals surface area contributed by atoms with Gasteiger partial charge in [0.05, 0.1) is 33.5 Å². The molecule has 0 saturated heterocycles. The molecule has 3 aromatic heterocycles. The summed E-state index contributed by atoms with van der Waals surface area (Å²) in [5.41, 5.74) is 14.3. The lowest BCUT2D eigenvalue weighted by Gasteiger charge is -2.12. The first-order valence-electron chi connectivity index (χ1n) is 20.4. The molecule has 3 heterocycles. The van der Waals surface area contributed by atoms with E-state index in [0.717, 1.165) is 61.1 Å². The molecule has 0 spiro atoms. The molecule has 0 amide bonds. The molecule has 60 heavy (non-hydrogen) atoms. The van der Waals surface area contributed by atoms with Crippen LogP contribution >= 0.6 is 0 Å². The van der Waals surface area contributed by atoms with Crippen LogP contribution in [-0.2, 0) is 0 Å². The Morgan fingerprint density at radius 3 is 1.52 bits per heavy atom. The van der Waals surface area contributed by atoms with Gasteiger partial charge >= 0.3 is 0 Å². The number of nitrogens with zero attached hydrogens (tertiary/aromatic N) is 4. The Bertz CT molecular complexity index is 3520. The van der Waals surface area contributed by atoms with Gasteiger partial charge in [0.2, 0.25) is 5.95 Å². The molecule has 0 aliphatic heterocycles. The van der Waals surface area contributed by atoms with Gasteiger partial charge in [-0.3, -0.25) is 4.57 Å². The van der Waals surface area contributed by atoms with Crippen molar-refractivity contribution in [3.63, 3.8) is 0 Å². The van der Waals surface area contributed by atoms with Gasteiger partial charge in [-0.2, -0.15) is 0 Å². The predicted molar refractivity (Wildman–Crippen MR) is 250 cm³/mol. The molecule has 0 atom stereocenters. The van der Waals surface area contributed by atoms with Crippen molar-refractivity contribution in [3.05, 3.63) is 218 Å². The van der Waals surface area contributed by atoms with E-state index >= 15 is 0 Å². The number of fused-ring (bicyclic) bond motifs is 7. The van der Waals surface area contributed by atoms with E-state index in [2.05, 4.69) is 215 Å². The van der Waals surface area contributed by atoms with Crippen LogP contribution in [0.3, 0.4) is 0 Å². The summed E-state index contributed by atoms with van der Waals surface area (Å²) >= 11 is 0. The summed E-state index contributed by atoms with van der Waals surface area (Å²) < 4.78 is 4.63. The fourth-order valence-electron chi connectivity index (χ4n) is 9.11. The molecule has 9 aromatic carbocycles. The summed E-state index contributed by atoms with van der Waals surface area (Å²) in [6.07, 6.45) is 0. The Labute approximate surface area is 346 Å². The second-order valence-electron chi connectivity index (χ2n) is 15.4. The molecule has 0 fully saturated rings. The number of hydrogen-bond donors (Lipinski definition) is 0. The first kappa shape index (κ1) is 34.0. The van der Waals surface area contributed by atoms with Gasteiger partial charge in [0.15, 0.2) is 0 Å². The van der Waals surface area contributed by atoms with E-state index < -0.39 is 0 Å². The highest BCUT2D eigenvalue weighted by molar-refractivity contribution is 6.12. The monoisotopic (exact) mass is 764 g/mol. The van der Waals surface area contributed by atoms with Gasteiger partial charge in [0.25, 0.3) is 0 Å². The summed E-state index contributed by atoms with van der Waals surface area (Å²) in [7, 11) is 0. The van der Waals surface area contributed by atoms with Gasteiger partial charge in [-0.25, -0.2) is 9.97 Å². The molecular weight excluding hydrogens is 729 g/mol. The van der Waals surface area contributed by atoms with Crippen LogP contribution in [0.25, 0.3) is 111 Å². The molecule has 4 heteroatoms. The van der Waals surface area contributed by atoms with Crippen LogP contribution in [0.5, 0.6) is 0 Å². The van der Waals surface area contributed by atoms with Crippen molar-refractivity contribution in [2.45, 2.75) is 0 Å². The molecule has 12 aromatic rings. The molecule has 0 aliphatic carbocycles. The van der Waals surface area contributed by atoms with E-state index in [1.54, 1.807) is 0 Å². The van der Waals surface area contributed by atoms with Gasteiger partial charge in [-0.1, -0.05) is 170 Å². The van der Waals surface area contributed by atoms with E-state index in [-0.39, 0.29) is 0 Å². The molecule has 0 unspecified atom stereocenters. The van der Waals surface area contributed by atoms with Gasteiger partial charge < -0.3 is 4.57 Å². The third kappa shape index (κ3) is 5.53. The smallest absolute Gasteiger partial charge is 0.235 e. The topological polar surface area (TPSA) is 35.6 Å². The van der Waals surface area contributed by atoms with Crippen LogP contribution in [0.1, 0.15) is 0 Å². The van der Waals surface area contributed by atoms with Crippen LogP contribution in [0.15, 0.2) is 218 Å². The Morgan fingerprint density at radius 2 is 0.800 bits per heavy atom. The van der Waals surface area contributed by atoms with Crippen LogP contribution < -0.4 is 0 Å². The molecule has 280 valence electrons. The number of rotatable bonds is 6. The second kappa shape index (κ2) is 13.8. The number of para-hydroxylation sites is 2. The standard InChI is InChI=1S/C56H36N4/c1-3-15-39(16-4-1)50-36-51(40-17-5-2-6-18-40)58-56(57-50)60-53-25-12-10-22-47(53)49-34-41(29-33-54(49)60)42-28-32-48-46-21-9-11-24-52(46)59(55(48)35-42)43-30-26-38(27-31-43)45-23-13-19-37-14-7-8-20-44(37)45/h1-36H. The van der Waals surface area contributed by atoms with Gasteiger partial charge in [-0.15, -0.1) is 0 Å². The summed E-state index contributed by atoms with van der Waals surface area (Å²) in [6.45, 7) is 0. The average molecular weight is 765 g/mol. The van der Waals surface area contributed by atoms with Gasteiger partial charge in [-0.05, 0) is 81.6 Å². The minimum Gasteiger partial charge on any atom is -0.309 e. The first-order valence-corrected chi connectivity index (χ1v) is 20.4. The maximum absolute atomic E-state index is 5.23. The van der Waals surface area contributed by atoms with Gasteiger partial charge in [0, 0.05) is 38.4 Å². The van der Waals surface area contributed by atoms with E-state index in [0.29, 0.717) is 5.95 Å². The minimum absolute atomic E-state index is 0.645. The highest BCUT2D eigenvalue weighted by Gasteiger charge is 2.19. The van der Waals surface area contributed by atoms with Crippen molar-refractivity contribution in [3.8, 4) is 56.4 Å². The van der Waals surface area contributed by atoms with Crippen molar-refractivity contribution in [1.29, 1.82) is 0 Å². The number of aromatic nitrogens is 4. The van der Waals surface area contributed by atoms with E-state index in [1.165, 1.54) is 43.7 Å². The summed E-state index contributed by atoms with van der Waals surface area (Å²) in [4.78, 5) is 10.5. The highest BCUT2D eigenvalue weighted by atomic mass is 15.2. The SMILES string of the molecule is c1ccc(-c2cc(-c3ccccc3)nc(-n3c4ccccc4c4cc(-c5ccc6c7ccccc7n(-c7ccc(-c8cccc9ccccc89)cc7)c6c5)ccc43)n2)cc1. The molecular formula is C56H36N4. The van der Waals surface area contributed by atoms with Crippen LogP contribution in [-0.4, -0.2) is 19.1 Å². The largest absolute Gasteiger partial charge is 0.309 e. The molecule has 12 rings (SSSR count). The van der Waals surface area contributed by atoms with E-state index in [9.17, 15) is 0 Å². The molecule has 0 saturated carbocycles. The molecule has 0 bridgehead atoms. The van der Waals surface area contributed by atoms with Crippen LogP contribution in [0.4, 0.5) is 0 Å². The number of benzene rings is 9. The van der Waals surface area contributed by atoms with Crippen molar-refractivity contribution >= 4 is 54.4 Å². The first-order chi connectivity index (χ1) is 29.7. The van der Waals surface area contributed by atoms with Crippen LogP contribution in [0, 0.1) is 0 Å². The van der Waals surface area contributed by atoms with Gasteiger partial charge in [0.1, 0.15) is 0 Å². The lowest BCUT2D eigenvalue weighted by Crippen LogP contribution is -2.03. The summed E-state index contributed by atoms with van der Waals surface area (Å²) in [5.74, 6) is 0.645. The quantitative estimate of drug-likeness (QED) is 0.169. The highest BCUT2D eigenvalue weighted by Crippen LogP contribution is 2.39.